The maximum absolute atomic E-state index is 6.17. The molecule has 3 atom stereocenters. The van der Waals surface area contributed by atoms with Crippen LogP contribution in [0.1, 0.15) is 25.7 Å². The van der Waals surface area contributed by atoms with Crippen molar-refractivity contribution < 1.29 is 4.74 Å². The Labute approximate surface area is 125 Å². The molecule has 21 heavy (non-hydrogen) atoms. The van der Waals surface area contributed by atoms with E-state index in [0.717, 1.165) is 24.4 Å². The Morgan fingerprint density at radius 3 is 2.29 bits per heavy atom. The zero-order chi connectivity index (χ0) is 14.1. The molecule has 2 saturated heterocycles. The molecule has 0 unspecified atom stereocenters. The fourth-order valence-corrected chi connectivity index (χ4v) is 3.80. The first-order chi connectivity index (χ1) is 10.4. The number of rotatable bonds is 3. The molecule has 3 nitrogen and oxygen atoms in total. The van der Waals surface area contributed by atoms with E-state index in [2.05, 4.69) is 22.0 Å². The average molecular weight is 280 g/mol. The fraction of sp³-hybridized carbons (Fsp3) is 0.389. The molecule has 4 rings (SSSR count). The van der Waals surface area contributed by atoms with Crippen LogP contribution in [0.15, 0.2) is 54.7 Å². The van der Waals surface area contributed by atoms with Crippen LogP contribution in [0.3, 0.4) is 0 Å². The second-order valence-electron chi connectivity index (χ2n) is 6.00. The summed E-state index contributed by atoms with van der Waals surface area (Å²) < 4.78 is 6.17. The van der Waals surface area contributed by atoms with Crippen molar-refractivity contribution in [3.05, 3.63) is 54.7 Å². The van der Waals surface area contributed by atoms with Gasteiger partial charge in [0.2, 0.25) is 0 Å². The Bertz CT molecular complexity index is 573. The molecule has 0 N–H and O–H groups in total. The standard InChI is InChI=1S/C18H20N2O/c1-2-6-16(7-3-1)21-17-12-14-9-10-15(13-17)20(14)18-8-4-5-11-19-18/h1-8,11,14-15,17H,9-10,12-13H2/t14-,15+,17-. The van der Waals surface area contributed by atoms with Crippen LogP contribution >= 0.6 is 0 Å². The van der Waals surface area contributed by atoms with Crippen molar-refractivity contribution in [1.82, 2.24) is 4.98 Å². The van der Waals surface area contributed by atoms with Gasteiger partial charge in [0, 0.05) is 31.1 Å². The molecule has 0 aliphatic carbocycles. The number of piperidine rings is 1. The van der Waals surface area contributed by atoms with Gasteiger partial charge in [-0.3, -0.25) is 0 Å². The Kier molecular flexibility index (Phi) is 3.26. The first kappa shape index (κ1) is 12.7. The summed E-state index contributed by atoms with van der Waals surface area (Å²) in [6.45, 7) is 0. The largest absolute Gasteiger partial charge is 0.490 e. The van der Waals surface area contributed by atoms with Crippen LogP contribution in [0.25, 0.3) is 0 Å². The molecule has 0 amide bonds. The lowest BCUT2D eigenvalue weighted by Gasteiger charge is -2.39. The highest BCUT2D eigenvalue weighted by Crippen LogP contribution is 2.39. The highest BCUT2D eigenvalue weighted by atomic mass is 16.5. The van der Waals surface area contributed by atoms with Gasteiger partial charge in [-0.05, 0) is 37.1 Å². The molecule has 0 saturated carbocycles. The Morgan fingerprint density at radius 2 is 1.62 bits per heavy atom. The number of para-hydroxylation sites is 1. The molecule has 2 aliphatic rings. The van der Waals surface area contributed by atoms with Crippen LogP contribution in [-0.2, 0) is 0 Å². The maximum Gasteiger partial charge on any atom is 0.128 e. The first-order valence-corrected chi connectivity index (χ1v) is 7.81. The number of benzene rings is 1. The summed E-state index contributed by atoms with van der Waals surface area (Å²) in [5.74, 6) is 2.12. The summed E-state index contributed by atoms with van der Waals surface area (Å²) in [4.78, 5) is 7.06. The van der Waals surface area contributed by atoms with Crippen molar-refractivity contribution in [3.8, 4) is 5.75 Å². The smallest absolute Gasteiger partial charge is 0.128 e. The van der Waals surface area contributed by atoms with Gasteiger partial charge in [0.15, 0.2) is 0 Å². The normalized spacial score (nSPS) is 27.6. The minimum atomic E-state index is 0.338. The van der Waals surface area contributed by atoms with Crippen LogP contribution in [0.4, 0.5) is 5.82 Å². The first-order valence-electron chi connectivity index (χ1n) is 7.81. The predicted octanol–water partition coefficient (Wildman–Crippen LogP) is 3.66. The third-order valence-electron chi connectivity index (χ3n) is 4.65. The minimum Gasteiger partial charge on any atom is -0.490 e. The van der Waals surface area contributed by atoms with E-state index in [-0.39, 0.29) is 0 Å². The monoisotopic (exact) mass is 280 g/mol. The van der Waals surface area contributed by atoms with Crippen LogP contribution in [-0.4, -0.2) is 23.2 Å². The van der Waals surface area contributed by atoms with Crippen LogP contribution in [0, 0.1) is 0 Å². The summed E-state index contributed by atoms with van der Waals surface area (Å²) >= 11 is 0. The van der Waals surface area contributed by atoms with Gasteiger partial charge >= 0.3 is 0 Å². The zero-order valence-corrected chi connectivity index (χ0v) is 12.1. The molecule has 1 aromatic carbocycles. The lowest BCUT2D eigenvalue weighted by molar-refractivity contribution is 0.150. The Morgan fingerprint density at radius 1 is 0.905 bits per heavy atom. The number of hydrogen-bond acceptors (Lipinski definition) is 3. The van der Waals surface area contributed by atoms with E-state index in [1.165, 1.54) is 12.8 Å². The summed E-state index contributed by atoms with van der Waals surface area (Å²) in [6.07, 6.45) is 6.95. The summed E-state index contributed by atoms with van der Waals surface area (Å²) in [7, 11) is 0. The van der Waals surface area contributed by atoms with Crippen molar-refractivity contribution in [3.63, 3.8) is 0 Å². The third-order valence-corrected chi connectivity index (χ3v) is 4.65. The third kappa shape index (κ3) is 2.48. The lowest BCUT2D eigenvalue weighted by atomic mass is 9.99. The molecule has 2 aromatic rings. The zero-order valence-electron chi connectivity index (χ0n) is 12.1. The number of ether oxygens (including phenoxy) is 1. The second-order valence-corrected chi connectivity index (χ2v) is 6.00. The molecule has 108 valence electrons. The molecule has 2 fully saturated rings. The Hall–Kier alpha value is -2.03. The van der Waals surface area contributed by atoms with Gasteiger partial charge in [-0.1, -0.05) is 24.3 Å². The van der Waals surface area contributed by atoms with Gasteiger partial charge in [-0.2, -0.15) is 0 Å². The molecular weight excluding hydrogens is 260 g/mol. The molecule has 2 aliphatic heterocycles. The van der Waals surface area contributed by atoms with Crippen LogP contribution in [0.5, 0.6) is 5.75 Å². The number of aromatic nitrogens is 1. The van der Waals surface area contributed by atoms with E-state index in [4.69, 9.17) is 4.74 Å². The van der Waals surface area contributed by atoms with Crippen molar-refractivity contribution in [2.45, 2.75) is 43.9 Å². The van der Waals surface area contributed by atoms with Gasteiger partial charge in [0.25, 0.3) is 0 Å². The van der Waals surface area contributed by atoms with E-state index < -0.39 is 0 Å². The number of fused-ring (bicyclic) bond motifs is 2. The van der Waals surface area contributed by atoms with Crippen molar-refractivity contribution in [2.75, 3.05) is 4.90 Å². The van der Waals surface area contributed by atoms with Crippen molar-refractivity contribution in [2.24, 2.45) is 0 Å². The SMILES string of the molecule is c1ccc(O[C@@H]2C[C@H]3CC[C@@H](C2)N3c2ccccn2)cc1. The highest BCUT2D eigenvalue weighted by molar-refractivity contribution is 5.43. The summed E-state index contributed by atoms with van der Waals surface area (Å²) in [5, 5.41) is 0. The Balaban J connectivity index is 1.49. The quantitative estimate of drug-likeness (QED) is 0.858. The highest BCUT2D eigenvalue weighted by Gasteiger charge is 2.42. The molecule has 2 bridgehead atoms. The molecule has 1 aromatic heterocycles. The van der Waals surface area contributed by atoms with Gasteiger partial charge in [0.05, 0.1) is 0 Å². The van der Waals surface area contributed by atoms with E-state index >= 15 is 0 Å². The summed E-state index contributed by atoms with van der Waals surface area (Å²) in [6, 6.07) is 17.5. The lowest BCUT2D eigenvalue weighted by Crippen LogP contribution is -2.46. The van der Waals surface area contributed by atoms with Gasteiger partial charge in [-0.25, -0.2) is 4.98 Å². The number of nitrogens with zero attached hydrogens (tertiary/aromatic N) is 2. The van der Waals surface area contributed by atoms with E-state index in [1.807, 2.05) is 42.6 Å². The second kappa shape index (κ2) is 5.40. The van der Waals surface area contributed by atoms with Crippen LogP contribution < -0.4 is 9.64 Å². The average Bonchev–Trinajstić information content (AvgIpc) is 2.80. The molecule has 0 spiro atoms. The van der Waals surface area contributed by atoms with E-state index in [1.54, 1.807) is 0 Å². The number of hydrogen-bond donors (Lipinski definition) is 0. The number of pyridine rings is 1. The van der Waals surface area contributed by atoms with E-state index in [0.29, 0.717) is 18.2 Å². The minimum absolute atomic E-state index is 0.338. The van der Waals surface area contributed by atoms with Gasteiger partial charge in [0.1, 0.15) is 17.7 Å². The summed E-state index contributed by atoms with van der Waals surface area (Å²) in [5.41, 5.74) is 0. The number of anilines is 1. The predicted molar refractivity (Wildman–Crippen MR) is 83.6 cm³/mol. The molecule has 3 heterocycles. The van der Waals surface area contributed by atoms with Crippen molar-refractivity contribution >= 4 is 5.82 Å². The maximum atomic E-state index is 6.17. The molecule has 0 radical (unpaired) electrons. The van der Waals surface area contributed by atoms with E-state index in [9.17, 15) is 0 Å². The van der Waals surface area contributed by atoms with Crippen molar-refractivity contribution in [1.29, 1.82) is 0 Å². The van der Waals surface area contributed by atoms with Crippen LogP contribution in [0.2, 0.25) is 0 Å². The van der Waals surface area contributed by atoms with Gasteiger partial charge in [-0.15, -0.1) is 0 Å². The van der Waals surface area contributed by atoms with Gasteiger partial charge < -0.3 is 9.64 Å². The fourth-order valence-electron chi connectivity index (χ4n) is 3.80. The topological polar surface area (TPSA) is 25.4 Å². The molecule has 3 heteroatoms. The molecular formula is C18H20N2O.